The molecule has 0 amide bonds. The fraction of sp³-hybridized carbons (Fsp3) is 0.0566. The number of fused-ring (bicyclic) bond motifs is 9. The van der Waals surface area contributed by atoms with Gasteiger partial charge in [-0.05, 0) is 129 Å². The maximum Gasteiger partial charge on any atom is 0.0482 e. The summed E-state index contributed by atoms with van der Waals surface area (Å²) in [5.41, 5.74) is 12.0. The van der Waals surface area contributed by atoms with Gasteiger partial charge in [0.05, 0.1) is 0 Å². The first-order valence-electron chi connectivity index (χ1n) is 19.3. The van der Waals surface area contributed by atoms with Gasteiger partial charge in [0.1, 0.15) is 0 Å². The van der Waals surface area contributed by atoms with Crippen LogP contribution >= 0.6 is 11.3 Å². The maximum absolute atomic E-state index is 2.44. The van der Waals surface area contributed by atoms with Crippen LogP contribution in [0.3, 0.4) is 0 Å². The van der Waals surface area contributed by atoms with Crippen LogP contribution in [0.5, 0.6) is 0 Å². The molecule has 11 rings (SSSR count). The van der Waals surface area contributed by atoms with E-state index in [0.717, 1.165) is 34.1 Å². The molecule has 2 nitrogen and oxygen atoms in total. The summed E-state index contributed by atoms with van der Waals surface area (Å²) in [4.78, 5) is 4.78. The van der Waals surface area contributed by atoms with Gasteiger partial charge in [-0.15, -0.1) is 11.3 Å². The van der Waals surface area contributed by atoms with Gasteiger partial charge in [0.15, 0.2) is 0 Å². The molecule has 1 aliphatic rings. The van der Waals surface area contributed by atoms with Crippen molar-refractivity contribution in [2.75, 3.05) is 9.80 Å². The molecule has 0 N–H and O–H groups in total. The topological polar surface area (TPSA) is 6.48 Å². The zero-order valence-electron chi connectivity index (χ0n) is 31.3. The molecule has 266 valence electrons. The Morgan fingerprint density at radius 1 is 0.339 bits per heavy atom. The molecule has 0 atom stereocenters. The number of para-hydroxylation sites is 2. The molecule has 0 bridgehead atoms. The molecule has 0 radical (unpaired) electrons. The van der Waals surface area contributed by atoms with Crippen molar-refractivity contribution in [3.05, 3.63) is 205 Å². The van der Waals surface area contributed by atoms with Gasteiger partial charge in [0, 0.05) is 59.7 Å². The molecule has 1 heterocycles. The number of thiophene rings is 1. The Morgan fingerprint density at radius 3 is 1.68 bits per heavy atom. The summed E-state index contributed by atoms with van der Waals surface area (Å²) in [5.74, 6) is 0. The molecule has 0 unspecified atom stereocenters. The Labute approximate surface area is 331 Å². The third-order valence-electron chi connectivity index (χ3n) is 11.8. The second kappa shape index (κ2) is 12.7. The Hall–Kier alpha value is -6.68. The van der Waals surface area contributed by atoms with Crippen LogP contribution in [0.15, 0.2) is 194 Å². The van der Waals surface area contributed by atoms with Gasteiger partial charge >= 0.3 is 0 Å². The SMILES string of the molecule is CC1(C)c2ccccc2-c2ccc(N(c3cccc(N(c4ccccc4)c4ccccc4)c3)c3ccc4c(ccc5cc6c(cc54)sc4ccccc46)c3)cc21. The third-order valence-corrected chi connectivity index (χ3v) is 12.9. The summed E-state index contributed by atoms with van der Waals surface area (Å²) in [6.45, 7) is 4.72. The number of anilines is 6. The van der Waals surface area contributed by atoms with Crippen molar-refractivity contribution in [2.45, 2.75) is 19.3 Å². The first-order chi connectivity index (χ1) is 27.5. The molecule has 9 aromatic carbocycles. The van der Waals surface area contributed by atoms with Crippen molar-refractivity contribution < 1.29 is 0 Å². The number of nitrogens with zero attached hydrogens (tertiary/aromatic N) is 2. The highest BCUT2D eigenvalue weighted by molar-refractivity contribution is 7.25. The lowest BCUT2D eigenvalue weighted by atomic mass is 9.82. The molecule has 1 aliphatic carbocycles. The normalized spacial score (nSPS) is 13.0. The molecule has 10 aromatic rings. The fourth-order valence-corrected chi connectivity index (χ4v) is 10.2. The van der Waals surface area contributed by atoms with Gasteiger partial charge < -0.3 is 9.80 Å². The van der Waals surface area contributed by atoms with Crippen molar-refractivity contribution in [3.8, 4) is 11.1 Å². The lowest BCUT2D eigenvalue weighted by Crippen LogP contribution is -2.17. The summed E-state index contributed by atoms with van der Waals surface area (Å²) in [6, 6.07) is 71.4. The molecule has 0 saturated carbocycles. The number of rotatable bonds is 6. The monoisotopic (exact) mass is 734 g/mol. The smallest absolute Gasteiger partial charge is 0.0482 e. The maximum atomic E-state index is 2.44. The van der Waals surface area contributed by atoms with E-state index in [1.54, 1.807) is 0 Å². The third kappa shape index (κ3) is 5.16. The van der Waals surface area contributed by atoms with Gasteiger partial charge in [0.2, 0.25) is 0 Å². The first kappa shape index (κ1) is 32.7. The van der Waals surface area contributed by atoms with Crippen LogP contribution in [0.1, 0.15) is 25.0 Å². The van der Waals surface area contributed by atoms with E-state index >= 15 is 0 Å². The summed E-state index contributed by atoms with van der Waals surface area (Å²) >= 11 is 1.88. The van der Waals surface area contributed by atoms with E-state index in [9.17, 15) is 0 Å². The fourth-order valence-electron chi connectivity index (χ4n) is 9.06. The highest BCUT2D eigenvalue weighted by Gasteiger charge is 2.35. The van der Waals surface area contributed by atoms with Crippen molar-refractivity contribution >= 4 is 87.2 Å². The molecular weight excluding hydrogens is 697 g/mol. The van der Waals surface area contributed by atoms with Crippen molar-refractivity contribution in [2.24, 2.45) is 0 Å². The Balaban J connectivity index is 1.10. The molecule has 0 fully saturated rings. The second-order valence-electron chi connectivity index (χ2n) is 15.4. The predicted octanol–water partition coefficient (Wildman–Crippen LogP) is 15.6. The van der Waals surface area contributed by atoms with Crippen LogP contribution in [0.4, 0.5) is 34.1 Å². The Kier molecular flexibility index (Phi) is 7.42. The molecule has 1 aromatic heterocycles. The van der Waals surface area contributed by atoms with E-state index in [-0.39, 0.29) is 5.41 Å². The number of hydrogen-bond donors (Lipinski definition) is 0. The zero-order valence-corrected chi connectivity index (χ0v) is 32.1. The van der Waals surface area contributed by atoms with Crippen LogP contribution in [0, 0.1) is 0 Å². The van der Waals surface area contributed by atoms with E-state index in [1.165, 1.54) is 64.0 Å². The van der Waals surface area contributed by atoms with Crippen LogP contribution in [0.25, 0.3) is 52.8 Å². The van der Waals surface area contributed by atoms with E-state index in [1.807, 2.05) is 11.3 Å². The lowest BCUT2D eigenvalue weighted by Gasteiger charge is -2.30. The van der Waals surface area contributed by atoms with Crippen LogP contribution in [-0.4, -0.2) is 0 Å². The van der Waals surface area contributed by atoms with E-state index in [0.29, 0.717) is 0 Å². The molecule has 0 saturated heterocycles. The second-order valence-corrected chi connectivity index (χ2v) is 16.5. The number of benzene rings is 9. The summed E-state index contributed by atoms with van der Waals surface area (Å²) in [7, 11) is 0. The minimum atomic E-state index is -0.118. The van der Waals surface area contributed by atoms with E-state index in [4.69, 9.17) is 0 Å². The minimum absolute atomic E-state index is 0.118. The van der Waals surface area contributed by atoms with E-state index < -0.39 is 0 Å². The van der Waals surface area contributed by atoms with Gasteiger partial charge in [-0.1, -0.05) is 123 Å². The minimum Gasteiger partial charge on any atom is -0.310 e. The summed E-state index contributed by atoms with van der Waals surface area (Å²) in [6.07, 6.45) is 0. The average Bonchev–Trinajstić information content (AvgIpc) is 3.72. The van der Waals surface area contributed by atoms with Crippen LogP contribution in [0.2, 0.25) is 0 Å². The zero-order chi connectivity index (χ0) is 37.4. The Morgan fingerprint density at radius 2 is 0.911 bits per heavy atom. The average molecular weight is 735 g/mol. The predicted molar refractivity (Wildman–Crippen MR) is 241 cm³/mol. The van der Waals surface area contributed by atoms with Crippen LogP contribution in [-0.2, 0) is 5.41 Å². The van der Waals surface area contributed by atoms with Crippen LogP contribution < -0.4 is 9.80 Å². The molecule has 0 spiro atoms. The highest BCUT2D eigenvalue weighted by Crippen LogP contribution is 2.51. The standard InChI is InChI=1S/C53H38N2S/c1-53(2)49-22-11-9-20-44(49)45-29-27-42(33-50(45)53)55(40-19-13-18-39(32-40)54(37-14-5-3-6-15-37)38-16-7-4-8-17-38)41-26-28-43-35(30-41)24-25-36-31-48-46-21-10-12-23-51(46)56-52(48)34-47(36)43/h3-34H,1-2H3. The Bertz CT molecular complexity index is 3080. The summed E-state index contributed by atoms with van der Waals surface area (Å²) < 4.78 is 2.66. The largest absolute Gasteiger partial charge is 0.310 e. The van der Waals surface area contributed by atoms with Gasteiger partial charge in [-0.3, -0.25) is 0 Å². The summed E-state index contributed by atoms with van der Waals surface area (Å²) in [5, 5.41) is 7.72. The van der Waals surface area contributed by atoms with Crippen molar-refractivity contribution in [1.82, 2.24) is 0 Å². The van der Waals surface area contributed by atoms with Crippen molar-refractivity contribution in [3.63, 3.8) is 0 Å². The lowest BCUT2D eigenvalue weighted by molar-refractivity contribution is 0.660. The van der Waals surface area contributed by atoms with E-state index in [2.05, 4.69) is 218 Å². The van der Waals surface area contributed by atoms with Gasteiger partial charge in [0.25, 0.3) is 0 Å². The molecule has 3 heteroatoms. The quantitative estimate of drug-likeness (QED) is 0.157. The van der Waals surface area contributed by atoms with Gasteiger partial charge in [-0.2, -0.15) is 0 Å². The molecule has 56 heavy (non-hydrogen) atoms. The molecular formula is C53H38N2S. The van der Waals surface area contributed by atoms with Crippen molar-refractivity contribution in [1.29, 1.82) is 0 Å². The first-order valence-corrected chi connectivity index (χ1v) is 20.2. The van der Waals surface area contributed by atoms with Gasteiger partial charge in [-0.25, -0.2) is 0 Å². The molecule has 0 aliphatic heterocycles. The highest BCUT2D eigenvalue weighted by atomic mass is 32.1. The number of hydrogen-bond acceptors (Lipinski definition) is 3.